The van der Waals surface area contributed by atoms with E-state index in [-0.39, 0.29) is 11.5 Å². The molecule has 0 saturated carbocycles. The van der Waals surface area contributed by atoms with Gasteiger partial charge >= 0.3 is 0 Å². The maximum Gasteiger partial charge on any atom is 0.258 e. The lowest BCUT2D eigenvalue weighted by Gasteiger charge is -2.07. The highest BCUT2D eigenvalue weighted by Crippen LogP contribution is 2.06. The number of nitrogens with one attached hydrogen (secondary N) is 1. The van der Waals surface area contributed by atoms with Crippen molar-refractivity contribution in [3.8, 4) is 0 Å². The van der Waals surface area contributed by atoms with Gasteiger partial charge in [-0.1, -0.05) is 13.0 Å². The normalized spacial score (nSPS) is 10.3. The van der Waals surface area contributed by atoms with E-state index in [1.54, 1.807) is 18.5 Å². The van der Waals surface area contributed by atoms with Crippen molar-refractivity contribution in [3.63, 3.8) is 0 Å². The number of rotatable bonds is 4. The number of carbonyl (C=O) groups is 1. The summed E-state index contributed by atoms with van der Waals surface area (Å²) in [6.07, 6.45) is 4.10. The van der Waals surface area contributed by atoms with Crippen molar-refractivity contribution in [2.45, 2.75) is 26.8 Å². The molecule has 0 aromatic carbocycles. The number of nitrogens with zero attached hydrogens (tertiary/aromatic N) is 2. The summed E-state index contributed by atoms with van der Waals surface area (Å²) in [6.45, 7) is 4.51. The van der Waals surface area contributed by atoms with Crippen molar-refractivity contribution in [3.05, 3.63) is 58.1 Å². The number of aryl methyl sites for hydroxylation is 2. The van der Waals surface area contributed by atoms with Crippen LogP contribution in [0, 0.1) is 6.92 Å². The Balaban J connectivity index is 2.18. The standard InChI is InChI=1S/C15H17N3O2/c1-3-8-18-10-12(5-7-14(18)19)15(20)17-13-6-4-11(2)9-16-13/h4-7,9-10H,3,8H2,1-2H3,(H,16,17,20). The van der Waals surface area contributed by atoms with Gasteiger partial charge in [0.25, 0.3) is 11.5 Å². The zero-order valence-corrected chi connectivity index (χ0v) is 11.6. The Morgan fingerprint density at radius 3 is 2.75 bits per heavy atom. The van der Waals surface area contributed by atoms with E-state index < -0.39 is 0 Å². The Morgan fingerprint density at radius 2 is 2.10 bits per heavy atom. The van der Waals surface area contributed by atoms with Gasteiger partial charge in [0.1, 0.15) is 5.82 Å². The van der Waals surface area contributed by atoms with Crippen molar-refractivity contribution in [2.75, 3.05) is 5.32 Å². The third kappa shape index (κ3) is 3.32. The van der Waals surface area contributed by atoms with Gasteiger partial charge in [-0.2, -0.15) is 0 Å². The van der Waals surface area contributed by atoms with E-state index in [4.69, 9.17) is 0 Å². The second kappa shape index (κ2) is 6.14. The summed E-state index contributed by atoms with van der Waals surface area (Å²) in [6, 6.07) is 6.56. The minimum Gasteiger partial charge on any atom is -0.315 e. The molecule has 0 aliphatic heterocycles. The lowest BCUT2D eigenvalue weighted by molar-refractivity contribution is 0.102. The molecule has 2 aromatic heterocycles. The Morgan fingerprint density at radius 1 is 1.30 bits per heavy atom. The molecule has 1 amide bonds. The molecule has 2 heterocycles. The molecule has 0 atom stereocenters. The summed E-state index contributed by atoms with van der Waals surface area (Å²) in [4.78, 5) is 27.8. The Bertz CT molecular complexity index is 660. The minimum atomic E-state index is -0.272. The van der Waals surface area contributed by atoms with E-state index in [1.807, 2.05) is 19.9 Å². The fourth-order valence-corrected chi connectivity index (χ4v) is 1.81. The summed E-state index contributed by atoms with van der Waals surface area (Å²) in [5, 5.41) is 2.71. The van der Waals surface area contributed by atoms with Crippen LogP contribution >= 0.6 is 0 Å². The summed E-state index contributed by atoms with van der Waals surface area (Å²) >= 11 is 0. The van der Waals surface area contributed by atoms with Gasteiger partial charge in [0.2, 0.25) is 0 Å². The third-order valence-electron chi connectivity index (χ3n) is 2.86. The second-order valence-corrected chi connectivity index (χ2v) is 4.62. The lowest BCUT2D eigenvalue weighted by atomic mass is 10.2. The second-order valence-electron chi connectivity index (χ2n) is 4.62. The van der Waals surface area contributed by atoms with Crippen LogP contribution in [-0.2, 0) is 6.54 Å². The highest BCUT2D eigenvalue weighted by Gasteiger charge is 2.08. The highest BCUT2D eigenvalue weighted by atomic mass is 16.2. The number of hydrogen-bond donors (Lipinski definition) is 1. The molecule has 1 N–H and O–H groups in total. The maximum atomic E-state index is 12.1. The van der Waals surface area contributed by atoms with Crippen LogP contribution in [0.2, 0.25) is 0 Å². The fraction of sp³-hybridized carbons (Fsp3) is 0.267. The van der Waals surface area contributed by atoms with Gasteiger partial charge in [0.05, 0.1) is 5.56 Å². The molecule has 5 heteroatoms. The number of anilines is 1. The van der Waals surface area contributed by atoms with Crippen LogP contribution in [0.15, 0.2) is 41.5 Å². The summed E-state index contributed by atoms with van der Waals surface area (Å²) in [7, 11) is 0. The molecular weight excluding hydrogens is 254 g/mol. The van der Waals surface area contributed by atoms with E-state index in [0.29, 0.717) is 17.9 Å². The largest absolute Gasteiger partial charge is 0.315 e. The summed E-state index contributed by atoms with van der Waals surface area (Å²) in [5.74, 6) is 0.222. The molecule has 2 aromatic rings. The quantitative estimate of drug-likeness (QED) is 0.927. The molecule has 0 saturated heterocycles. The molecular formula is C15H17N3O2. The first-order chi connectivity index (χ1) is 9.60. The maximum absolute atomic E-state index is 12.1. The highest BCUT2D eigenvalue weighted by molar-refractivity contribution is 6.03. The fourth-order valence-electron chi connectivity index (χ4n) is 1.81. The number of carbonyl (C=O) groups excluding carboxylic acids is 1. The first kappa shape index (κ1) is 14.0. The number of hydrogen-bond acceptors (Lipinski definition) is 3. The molecule has 0 unspecified atom stereocenters. The van der Waals surface area contributed by atoms with Crippen molar-refractivity contribution in [1.82, 2.24) is 9.55 Å². The van der Waals surface area contributed by atoms with E-state index in [0.717, 1.165) is 12.0 Å². The lowest BCUT2D eigenvalue weighted by Crippen LogP contribution is -2.22. The topological polar surface area (TPSA) is 64.0 Å². The van der Waals surface area contributed by atoms with Crippen LogP contribution in [0.5, 0.6) is 0 Å². The average molecular weight is 271 g/mol. The van der Waals surface area contributed by atoms with Crippen molar-refractivity contribution in [2.24, 2.45) is 0 Å². The van der Waals surface area contributed by atoms with Gasteiger partial charge in [0.15, 0.2) is 0 Å². The van der Waals surface area contributed by atoms with Gasteiger partial charge < -0.3 is 9.88 Å². The average Bonchev–Trinajstić information content (AvgIpc) is 2.44. The molecule has 0 spiro atoms. The smallest absolute Gasteiger partial charge is 0.258 e. The predicted octanol–water partition coefficient (Wildman–Crippen LogP) is 2.21. The SMILES string of the molecule is CCCn1cc(C(=O)Nc2ccc(C)cn2)ccc1=O. The van der Waals surface area contributed by atoms with Gasteiger partial charge in [-0.15, -0.1) is 0 Å². The summed E-state index contributed by atoms with van der Waals surface area (Å²) in [5.41, 5.74) is 1.37. The molecule has 20 heavy (non-hydrogen) atoms. The molecule has 5 nitrogen and oxygen atoms in total. The first-order valence-electron chi connectivity index (χ1n) is 6.54. The van der Waals surface area contributed by atoms with Crippen LogP contribution in [0.3, 0.4) is 0 Å². The van der Waals surface area contributed by atoms with Crippen LogP contribution in [0.25, 0.3) is 0 Å². The third-order valence-corrected chi connectivity index (χ3v) is 2.86. The Labute approximate surface area is 117 Å². The van der Waals surface area contributed by atoms with E-state index in [2.05, 4.69) is 10.3 Å². The Kier molecular flexibility index (Phi) is 4.30. The molecule has 0 aliphatic rings. The van der Waals surface area contributed by atoms with Crippen LogP contribution in [-0.4, -0.2) is 15.5 Å². The molecule has 0 fully saturated rings. The number of aromatic nitrogens is 2. The van der Waals surface area contributed by atoms with Gasteiger partial charge in [-0.25, -0.2) is 4.98 Å². The van der Waals surface area contributed by atoms with E-state index in [1.165, 1.54) is 16.7 Å². The zero-order chi connectivity index (χ0) is 14.5. The van der Waals surface area contributed by atoms with E-state index >= 15 is 0 Å². The van der Waals surface area contributed by atoms with Crippen molar-refractivity contribution < 1.29 is 4.79 Å². The first-order valence-corrected chi connectivity index (χ1v) is 6.54. The molecule has 0 aliphatic carbocycles. The number of pyridine rings is 2. The summed E-state index contributed by atoms with van der Waals surface area (Å²) < 4.78 is 1.54. The van der Waals surface area contributed by atoms with Gasteiger partial charge in [-0.3, -0.25) is 9.59 Å². The Hall–Kier alpha value is -2.43. The van der Waals surface area contributed by atoms with E-state index in [9.17, 15) is 9.59 Å². The minimum absolute atomic E-state index is 0.100. The number of amides is 1. The zero-order valence-electron chi connectivity index (χ0n) is 11.6. The van der Waals surface area contributed by atoms with Crippen LogP contribution in [0.1, 0.15) is 29.3 Å². The van der Waals surface area contributed by atoms with Gasteiger partial charge in [-0.05, 0) is 31.0 Å². The van der Waals surface area contributed by atoms with Crippen LogP contribution < -0.4 is 10.9 Å². The molecule has 0 radical (unpaired) electrons. The van der Waals surface area contributed by atoms with Crippen molar-refractivity contribution in [1.29, 1.82) is 0 Å². The molecule has 0 bridgehead atoms. The molecule has 104 valence electrons. The van der Waals surface area contributed by atoms with Crippen molar-refractivity contribution >= 4 is 11.7 Å². The van der Waals surface area contributed by atoms with Crippen LogP contribution in [0.4, 0.5) is 5.82 Å². The molecule has 2 rings (SSSR count). The monoisotopic (exact) mass is 271 g/mol. The predicted molar refractivity (Wildman–Crippen MR) is 77.9 cm³/mol. The van der Waals surface area contributed by atoms with Gasteiger partial charge in [0, 0.05) is 25.0 Å².